The number of aromatic amines is 1. The second-order valence-corrected chi connectivity index (χ2v) is 9.49. The lowest BCUT2D eigenvalue weighted by molar-refractivity contribution is -0.141. The number of hydrogen-bond donors (Lipinski definition) is 3. The average molecular weight is 476 g/mol. The van der Waals surface area contributed by atoms with Crippen molar-refractivity contribution < 1.29 is 14.7 Å². The van der Waals surface area contributed by atoms with Gasteiger partial charge in [-0.25, -0.2) is 9.78 Å². The molecule has 1 aromatic rings. The fourth-order valence-corrected chi connectivity index (χ4v) is 4.15. The molecule has 3 N–H and O–H groups in total. The van der Waals surface area contributed by atoms with Gasteiger partial charge in [0.05, 0.1) is 6.33 Å². The zero-order valence-corrected chi connectivity index (χ0v) is 21.5. The molecule has 194 valence electrons. The summed E-state index contributed by atoms with van der Waals surface area (Å²) >= 11 is 0. The number of nitrogens with zero attached hydrogens (tertiary/aromatic N) is 1. The van der Waals surface area contributed by atoms with E-state index < -0.39 is 12.0 Å². The first-order chi connectivity index (χ1) is 16.6. The van der Waals surface area contributed by atoms with Crippen molar-refractivity contribution in [2.75, 3.05) is 0 Å². The second kappa shape index (κ2) is 21.4. The Morgan fingerprint density at radius 2 is 1.41 bits per heavy atom. The van der Waals surface area contributed by atoms with Crippen molar-refractivity contribution in [3.63, 3.8) is 0 Å². The summed E-state index contributed by atoms with van der Waals surface area (Å²) in [6.45, 7) is 2.27. The summed E-state index contributed by atoms with van der Waals surface area (Å²) in [4.78, 5) is 30.2. The number of H-pyrrole nitrogens is 1. The standard InChI is InChI=1S/C28H49N3O3/c1-2-3-4-5-6-7-8-9-10-11-12-13-14-15-16-17-18-19-20-21-27(32)31-26(28(33)34)22-25-23-29-24-30-25/h9-10,23-24,26H,2-8,11-22H2,1H3,(H,29,30)(H,31,32)(H,33,34)/b10-9-/t26-/m0/s1. The van der Waals surface area contributed by atoms with Crippen molar-refractivity contribution >= 4 is 11.9 Å². The van der Waals surface area contributed by atoms with Crippen LogP contribution in [-0.2, 0) is 16.0 Å². The summed E-state index contributed by atoms with van der Waals surface area (Å²) in [5.74, 6) is -1.21. The first-order valence-electron chi connectivity index (χ1n) is 13.8. The lowest BCUT2D eigenvalue weighted by Crippen LogP contribution is -2.42. The Balaban J connectivity index is 1.87. The molecule has 0 aliphatic rings. The van der Waals surface area contributed by atoms with Crippen molar-refractivity contribution in [2.24, 2.45) is 0 Å². The normalized spacial score (nSPS) is 12.3. The van der Waals surface area contributed by atoms with Crippen LogP contribution in [0.25, 0.3) is 0 Å². The first-order valence-corrected chi connectivity index (χ1v) is 13.8. The SMILES string of the molecule is CCCCCCCC/C=C\CCCCCCCCCCCC(=O)N[C@@H](Cc1cnc[nH]1)C(=O)O. The molecule has 1 atom stereocenters. The Morgan fingerprint density at radius 3 is 1.91 bits per heavy atom. The molecule has 0 saturated heterocycles. The average Bonchev–Trinajstić information content (AvgIpc) is 3.33. The number of aromatic nitrogens is 2. The maximum atomic E-state index is 12.1. The molecule has 0 radical (unpaired) electrons. The number of unbranched alkanes of at least 4 members (excludes halogenated alkanes) is 15. The van der Waals surface area contributed by atoms with Crippen LogP contribution >= 0.6 is 0 Å². The highest BCUT2D eigenvalue weighted by Crippen LogP contribution is 2.12. The maximum absolute atomic E-state index is 12.1. The third-order valence-electron chi connectivity index (χ3n) is 6.28. The molecule has 0 aromatic carbocycles. The van der Waals surface area contributed by atoms with E-state index in [1.807, 2.05) is 0 Å². The Hall–Kier alpha value is -2.11. The molecule has 0 fully saturated rings. The van der Waals surface area contributed by atoms with Crippen molar-refractivity contribution in [3.8, 4) is 0 Å². The van der Waals surface area contributed by atoms with Gasteiger partial charge in [0.1, 0.15) is 6.04 Å². The number of rotatable bonds is 23. The Labute approximate surface area is 207 Å². The highest BCUT2D eigenvalue weighted by atomic mass is 16.4. The lowest BCUT2D eigenvalue weighted by Gasteiger charge is -2.13. The highest BCUT2D eigenvalue weighted by Gasteiger charge is 2.20. The number of hydrogen-bond acceptors (Lipinski definition) is 3. The lowest BCUT2D eigenvalue weighted by atomic mass is 10.0. The number of carboxylic acid groups (broad SMARTS) is 1. The van der Waals surface area contributed by atoms with Crippen LogP contribution < -0.4 is 5.32 Å². The van der Waals surface area contributed by atoms with E-state index in [9.17, 15) is 14.7 Å². The van der Waals surface area contributed by atoms with E-state index in [0.29, 0.717) is 12.1 Å². The largest absolute Gasteiger partial charge is 0.480 e. The van der Waals surface area contributed by atoms with Crippen LogP contribution in [0.3, 0.4) is 0 Å². The zero-order valence-electron chi connectivity index (χ0n) is 21.5. The summed E-state index contributed by atoms with van der Waals surface area (Å²) in [5, 5.41) is 11.9. The molecule has 1 aromatic heterocycles. The topological polar surface area (TPSA) is 95.1 Å². The van der Waals surface area contributed by atoms with Crippen LogP contribution in [0.1, 0.15) is 128 Å². The van der Waals surface area contributed by atoms with Gasteiger partial charge < -0.3 is 15.4 Å². The van der Waals surface area contributed by atoms with Crippen LogP contribution in [0.4, 0.5) is 0 Å². The summed E-state index contributed by atoms with van der Waals surface area (Å²) in [5.41, 5.74) is 0.702. The highest BCUT2D eigenvalue weighted by molar-refractivity contribution is 5.83. The van der Waals surface area contributed by atoms with Gasteiger partial charge in [-0.3, -0.25) is 4.79 Å². The smallest absolute Gasteiger partial charge is 0.326 e. The first kappa shape index (κ1) is 29.9. The fourth-order valence-electron chi connectivity index (χ4n) is 4.15. The molecular weight excluding hydrogens is 426 g/mol. The van der Waals surface area contributed by atoms with Crippen molar-refractivity contribution in [2.45, 2.75) is 135 Å². The van der Waals surface area contributed by atoms with Crippen molar-refractivity contribution in [1.29, 1.82) is 0 Å². The minimum absolute atomic E-state index is 0.187. The van der Waals surface area contributed by atoms with Crippen LogP contribution in [0.2, 0.25) is 0 Å². The van der Waals surface area contributed by atoms with Crippen LogP contribution in [0.5, 0.6) is 0 Å². The molecule has 0 saturated carbocycles. The Kier molecular flexibility index (Phi) is 18.9. The van der Waals surface area contributed by atoms with E-state index >= 15 is 0 Å². The van der Waals surface area contributed by atoms with E-state index in [0.717, 1.165) is 19.3 Å². The minimum Gasteiger partial charge on any atom is -0.480 e. The molecule has 0 aliphatic heterocycles. The molecular formula is C28H49N3O3. The predicted octanol–water partition coefficient (Wildman–Crippen LogP) is 7.12. The number of carboxylic acids is 1. The summed E-state index contributed by atoms with van der Waals surface area (Å²) < 4.78 is 0. The molecule has 0 aliphatic carbocycles. The third kappa shape index (κ3) is 17.4. The van der Waals surface area contributed by atoms with Gasteiger partial charge in [0, 0.05) is 24.7 Å². The molecule has 1 rings (SSSR count). The second-order valence-electron chi connectivity index (χ2n) is 9.49. The summed E-state index contributed by atoms with van der Waals surface area (Å²) in [6, 6.07) is -0.913. The van der Waals surface area contributed by atoms with E-state index in [-0.39, 0.29) is 12.3 Å². The van der Waals surface area contributed by atoms with Gasteiger partial charge >= 0.3 is 5.97 Å². The molecule has 1 heterocycles. The molecule has 1 amide bonds. The van der Waals surface area contributed by atoms with E-state index in [1.54, 1.807) is 6.20 Å². The van der Waals surface area contributed by atoms with Gasteiger partial charge in [-0.05, 0) is 32.1 Å². The van der Waals surface area contributed by atoms with E-state index in [2.05, 4.69) is 34.4 Å². The predicted molar refractivity (Wildman–Crippen MR) is 140 cm³/mol. The van der Waals surface area contributed by atoms with Crippen molar-refractivity contribution in [3.05, 3.63) is 30.4 Å². The Morgan fingerprint density at radius 1 is 0.882 bits per heavy atom. The Bertz CT molecular complexity index is 643. The van der Waals surface area contributed by atoms with E-state index in [4.69, 9.17) is 0 Å². The maximum Gasteiger partial charge on any atom is 0.326 e. The van der Waals surface area contributed by atoms with Gasteiger partial charge in [-0.15, -0.1) is 0 Å². The number of carbonyl (C=O) groups excluding carboxylic acids is 1. The van der Waals surface area contributed by atoms with Crippen LogP contribution in [0, 0.1) is 0 Å². The number of amides is 1. The summed E-state index contributed by atoms with van der Waals surface area (Å²) in [6.07, 6.45) is 29.9. The third-order valence-corrected chi connectivity index (χ3v) is 6.28. The monoisotopic (exact) mass is 475 g/mol. The zero-order chi connectivity index (χ0) is 24.7. The molecule has 0 unspecified atom stereocenters. The number of imidazole rings is 1. The minimum atomic E-state index is -1.02. The molecule has 0 bridgehead atoms. The molecule has 6 nitrogen and oxygen atoms in total. The quantitative estimate of drug-likeness (QED) is 0.116. The number of aliphatic carboxylic acids is 1. The fraction of sp³-hybridized carbons (Fsp3) is 0.750. The van der Waals surface area contributed by atoms with Crippen molar-refractivity contribution in [1.82, 2.24) is 15.3 Å². The van der Waals surface area contributed by atoms with Gasteiger partial charge in [-0.2, -0.15) is 0 Å². The van der Waals surface area contributed by atoms with Crippen LogP contribution in [-0.4, -0.2) is 33.0 Å². The van der Waals surface area contributed by atoms with E-state index in [1.165, 1.54) is 96.2 Å². The number of allylic oxidation sites excluding steroid dienone is 2. The summed E-state index contributed by atoms with van der Waals surface area (Å²) in [7, 11) is 0. The molecule has 0 spiro atoms. The van der Waals surface area contributed by atoms with Gasteiger partial charge in [0.15, 0.2) is 0 Å². The van der Waals surface area contributed by atoms with Gasteiger partial charge in [-0.1, -0.05) is 96.1 Å². The van der Waals surface area contributed by atoms with Crippen LogP contribution in [0.15, 0.2) is 24.7 Å². The van der Waals surface area contributed by atoms with Gasteiger partial charge in [0.2, 0.25) is 5.91 Å². The molecule has 34 heavy (non-hydrogen) atoms. The molecule has 6 heteroatoms. The van der Waals surface area contributed by atoms with Gasteiger partial charge in [0.25, 0.3) is 0 Å². The number of carbonyl (C=O) groups is 2. The number of nitrogens with one attached hydrogen (secondary N) is 2.